The van der Waals surface area contributed by atoms with Crippen molar-refractivity contribution in [1.29, 1.82) is 0 Å². The molecule has 132 valence electrons. The van der Waals surface area contributed by atoms with Crippen molar-refractivity contribution in [3.8, 4) is 11.3 Å². The van der Waals surface area contributed by atoms with Gasteiger partial charge in [-0.15, -0.1) is 0 Å². The minimum absolute atomic E-state index is 0.0157. The topological polar surface area (TPSA) is 60.1 Å². The fourth-order valence-electron chi connectivity index (χ4n) is 3.71. The van der Waals surface area contributed by atoms with Crippen LogP contribution in [0, 0.1) is 10.8 Å². The number of rotatable bonds is 4. The molecule has 0 bridgehead atoms. The van der Waals surface area contributed by atoms with Crippen molar-refractivity contribution in [2.75, 3.05) is 18.0 Å². The number of hydrogen-bond donors (Lipinski definition) is 1. The van der Waals surface area contributed by atoms with Gasteiger partial charge in [0, 0.05) is 42.6 Å². The molecule has 1 aromatic heterocycles. The first-order chi connectivity index (χ1) is 12.7. The summed E-state index contributed by atoms with van der Waals surface area (Å²) < 4.78 is 0. The highest BCUT2D eigenvalue weighted by Crippen LogP contribution is 2.26. The van der Waals surface area contributed by atoms with Gasteiger partial charge in [-0.2, -0.15) is 0 Å². The second-order valence-corrected chi connectivity index (χ2v) is 7.03. The van der Waals surface area contributed by atoms with Crippen LogP contribution >= 0.6 is 0 Å². The van der Waals surface area contributed by atoms with Gasteiger partial charge in [-0.05, 0) is 40.9 Å². The zero-order chi connectivity index (χ0) is 17.9. The molecule has 1 unspecified atom stereocenters. The minimum atomic E-state index is 0.0157. The van der Waals surface area contributed by atoms with Gasteiger partial charge in [-0.1, -0.05) is 36.4 Å². The van der Waals surface area contributed by atoms with E-state index >= 15 is 0 Å². The number of benzene rings is 2. The first kappa shape index (κ1) is 16.6. The van der Waals surface area contributed by atoms with Crippen molar-refractivity contribution in [2.24, 2.45) is 5.92 Å². The summed E-state index contributed by atoms with van der Waals surface area (Å²) in [4.78, 5) is 22.4. The van der Waals surface area contributed by atoms with Crippen LogP contribution in [0.5, 0.6) is 0 Å². The lowest BCUT2D eigenvalue weighted by Crippen LogP contribution is -2.74. The highest BCUT2D eigenvalue weighted by Gasteiger charge is 2.28. The van der Waals surface area contributed by atoms with E-state index in [1.54, 1.807) is 0 Å². The monoisotopic (exact) mass is 347 g/mol. The van der Waals surface area contributed by atoms with Gasteiger partial charge < -0.3 is 4.90 Å². The van der Waals surface area contributed by atoms with E-state index in [1.807, 2.05) is 19.2 Å². The Bertz CT molecular complexity index is 919. The van der Waals surface area contributed by atoms with Crippen LogP contribution in [-0.2, 0) is 0 Å². The molecule has 4 rings (SSSR count). The van der Waals surface area contributed by atoms with E-state index in [0.29, 0.717) is 5.92 Å². The number of hydrogen-bond acceptors (Lipinski definition) is 4. The lowest BCUT2D eigenvalue weighted by molar-refractivity contribution is -0.531. The van der Waals surface area contributed by atoms with Crippen LogP contribution in [0.25, 0.3) is 22.0 Å². The fourth-order valence-corrected chi connectivity index (χ4v) is 3.71. The molecule has 0 radical (unpaired) electrons. The number of nitrogens with one attached hydrogen (secondary N) is 1. The van der Waals surface area contributed by atoms with Gasteiger partial charge in [-0.25, -0.2) is 9.97 Å². The van der Waals surface area contributed by atoms with Gasteiger partial charge in [0.05, 0.1) is 5.69 Å². The predicted octanol–water partition coefficient (Wildman–Crippen LogP) is 2.75. The Morgan fingerprint density at radius 2 is 1.85 bits per heavy atom. The van der Waals surface area contributed by atoms with Crippen LogP contribution in [0.15, 0.2) is 54.7 Å². The second-order valence-electron chi connectivity index (χ2n) is 7.03. The molecule has 0 saturated carbocycles. The maximum absolute atomic E-state index is 10.9. The molecule has 26 heavy (non-hydrogen) atoms. The molecule has 1 atom stereocenters. The molecule has 3 aromatic rings. The van der Waals surface area contributed by atoms with E-state index in [4.69, 9.17) is 4.98 Å². The van der Waals surface area contributed by atoms with E-state index < -0.39 is 0 Å². The Morgan fingerprint density at radius 3 is 2.62 bits per heavy atom. The zero-order valence-electron chi connectivity index (χ0n) is 14.9. The SMILES string of the molecule is CC([NH+]=O)C1CCN(c2nccc(-c3ccc4ccccc4c3)n2)CC1. The molecule has 0 aliphatic carbocycles. The molecular formula is C21H23N4O+. The Hall–Kier alpha value is -2.82. The molecule has 2 heterocycles. The van der Waals surface area contributed by atoms with Crippen LogP contribution in [0.1, 0.15) is 19.8 Å². The number of fused-ring (bicyclic) bond motifs is 1. The number of nitroso groups, excluding NO2 is 1. The van der Waals surface area contributed by atoms with Gasteiger partial charge in [-0.3, -0.25) is 0 Å². The second kappa shape index (κ2) is 7.20. The van der Waals surface area contributed by atoms with E-state index in [-0.39, 0.29) is 6.04 Å². The molecule has 1 N–H and O–H groups in total. The van der Waals surface area contributed by atoms with Crippen molar-refractivity contribution in [1.82, 2.24) is 9.97 Å². The summed E-state index contributed by atoms with van der Waals surface area (Å²) in [5, 5.41) is 4.58. The average molecular weight is 347 g/mol. The lowest BCUT2D eigenvalue weighted by atomic mass is 9.91. The fraction of sp³-hybridized carbons (Fsp3) is 0.333. The zero-order valence-corrected chi connectivity index (χ0v) is 14.9. The van der Waals surface area contributed by atoms with Crippen molar-refractivity contribution in [3.63, 3.8) is 0 Å². The smallest absolute Gasteiger partial charge is 0.225 e. The van der Waals surface area contributed by atoms with E-state index in [1.165, 1.54) is 10.8 Å². The quantitative estimate of drug-likeness (QED) is 0.788. The standard InChI is InChI=1S/C21H22N4O/c1-15(24-26)16-9-12-25(13-10-16)21-22-11-8-20(23-21)19-7-6-17-4-2-3-5-18(17)14-19/h2-8,11,14-16H,9-10,12-13H2,1H3/p+1. The summed E-state index contributed by atoms with van der Waals surface area (Å²) in [6, 6.07) is 16.7. The predicted molar refractivity (Wildman–Crippen MR) is 104 cm³/mol. The third-order valence-corrected chi connectivity index (χ3v) is 5.40. The van der Waals surface area contributed by atoms with Crippen LogP contribution in [0.3, 0.4) is 0 Å². The van der Waals surface area contributed by atoms with Crippen LogP contribution in [0.2, 0.25) is 0 Å². The maximum Gasteiger partial charge on any atom is 0.225 e. The molecule has 5 heteroatoms. The lowest BCUT2D eigenvalue weighted by Gasteiger charge is -2.31. The Balaban J connectivity index is 1.56. The highest BCUT2D eigenvalue weighted by molar-refractivity contribution is 5.86. The summed E-state index contributed by atoms with van der Waals surface area (Å²) in [5.74, 6) is 1.20. The summed E-state index contributed by atoms with van der Waals surface area (Å²) in [7, 11) is 0. The molecule has 1 aliphatic heterocycles. The molecule has 2 aromatic carbocycles. The molecule has 1 aliphatic rings. The van der Waals surface area contributed by atoms with E-state index in [2.05, 4.69) is 57.5 Å². The third kappa shape index (κ3) is 3.29. The van der Waals surface area contributed by atoms with Gasteiger partial charge in [0.2, 0.25) is 5.95 Å². The van der Waals surface area contributed by atoms with Crippen LogP contribution in [0.4, 0.5) is 5.95 Å². The average Bonchev–Trinajstić information content (AvgIpc) is 2.73. The maximum atomic E-state index is 10.9. The Kier molecular flexibility index (Phi) is 4.61. The van der Waals surface area contributed by atoms with Crippen molar-refractivity contribution in [2.45, 2.75) is 25.8 Å². The van der Waals surface area contributed by atoms with Crippen LogP contribution in [-0.4, -0.2) is 29.1 Å². The summed E-state index contributed by atoms with van der Waals surface area (Å²) in [6.07, 6.45) is 3.81. The van der Waals surface area contributed by atoms with Crippen molar-refractivity contribution in [3.05, 3.63) is 59.6 Å². The Morgan fingerprint density at radius 1 is 1.08 bits per heavy atom. The van der Waals surface area contributed by atoms with Crippen molar-refractivity contribution < 1.29 is 5.18 Å². The number of nitrogens with zero attached hydrogens (tertiary/aromatic N) is 3. The Labute approximate surface area is 153 Å². The molecule has 0 amide bonds. The summed E-state index contributed by atoms with van der Waals surface area (Å²) in [5.41, 5.74) is 2.05. The number of aromatic nitrogens is 2. The normalized spacial score (nSPS) is 16.6. The van der Waals surface area contributed by atoms with E-state index in [0.717, 1.165) is 43.1 Å². The molecule has 1 fully saturated rings. The van der Waals surface area contributed by atoms with E-state index in [9.17, 15) is 4.91 Å². The largest absolute Gasteiger partial charge is 0.341 e. The molecule has 1 saturated heterocycles. The van der Waals surface area contributed by atoms with Crippen molar-refractivity contribution >= 4 is 16.7 Å². The van der Waals surface area contributed by atoms with Gasteiger partial charge in [0.25, 0.3) is 0 Å². The highest BCUT2D eigenvalue weighted by atomic mass is 16.3. The first-order valence-electron chi connectivity index (χ1n) is 9.19. The minimum Gasteiger partial charge on any atom is -0.341 e. The van der Waals surface area contributed by atoms with Gasteiger partial charge >= 0.3 is 0 Å². The molecule has 5 nitrogen and oxygen atoms in total. The third-order valence-electron chi connectivity index (χ3n) is 5.40. The first-order valence-corrected chi connectivity index (χ1v) is 9.19. The molecular weight excluding hydrogens is 324 g/mol. The number of piperidine rings is 1. The summed E-state index contributed by atoms with van der Waals surface area (Å²) in [6.45, 7) is 3.74. The van der Waals surface area contributed by atoms with Crippen LogP contribution < -0.4 is 10.1 Å². The van der Waals surface area contributed by atoms with Gasteiger partial charge in [0.1, 0.15) is 0 Å². The summed E-state index contributed by atoms with van der Waals surface area (Å²) >= 11 is 0. The molecule has 0 spiro atoms. The van der Waals surface area contributed by atoms with Gasteiger partial charge in [0.15, 0.2) is 6.04 Å². The number of anilines is 1.